The molecule has 2 unspecified atom stereocenters. The number of piperidine rings is 1. The highest BCUT2D eigenvalue weighted by atomic mass is 35.5. The highest BCUT2D eigenvalue weighted by Crippen LogP contribution is 2.36. The lowest BCUT2D eigenvalue weighted by Crippen LogP contribution is -2.44. The Balaban J connectivity index is 1.81. The van der Waals surface area contributed by atoms with Crippen molar-refractivity contribution in [3.63, 3.8) is 0 Å². The van der Waals surface area contributed by atoms with E-state index in [2.05, 4.69) is 0 Å². The molecule has 2 nitrogen and oxygen atoms in total. The Hall–Kier alpha value is -1.36. The highest BCUT2D eigenvalue weighted by molar-refractivity contribution is 6.39. The zero-order valence-corrected chi connectivity index (χ0v) is 14.4. The fourth-order valence-electron chi connectivity index (χ4n) is 3.29. The van der Waals surface area contributed by atoms with Gasteiger partial charge in [0.15, 0.2) is 0 Å². The van der Waals surface area contributed by atoms with Gasteiger partial charge in [-0.15, -0.1) is 0 Å². The van der Waals surface area contributed by atoms with Gasteiger partial charge < -0.3 is 10.0 Å². The van der Waals surface area contributed by atoms with Gasteiger partial charge in [-0.1, -0.05) is 35.3 Å². The molecule has 1 aliphatic heterocycles. The van der Waals surface area contributed by atoms with Crippen molar-refractivity contribution >= 4 is 28.9 Å². The van der Waals surface area contributed by atoms with Crippen molar-refractivity contribution < 1.29 is 13.9 Å². The number of hydrogen-bond donors (Lipinski definition) is 1. The number of benzene rings is 2. The lowest BCUT2D eigenvalue weighted by molar-refractivity contribution is 0.127. The first-order valence-corrected chi connectivity index (χ1v) is 8.50. The zero-order valence-electron chi connectivity index (χ0n) is 12.9. The fraction of sp³-hybridized carbons (Fsp3) is 0.333. The van der Waals surface area contributed by atoms with E-state index in [9.17, 15) is 13.9 Å². The summed E-state index contributed by atoms with van der Waals surface area (Å²) in [6, 6.07) is 8.85. The molecule has 0 aliphatic carbocycles. The maximum absolute atomic E-state index is 13.9. The van der Waals surface area contributed by atoms with Gasteiger partial charge in [-0.25, -0.2) is 8.78 Å². The van der Waals surface area contributed by atoms with Crippen LogP contribution in [-0.4, -0.2) is 24.3 Å². The summed E-state index contributed by atoms with van der Waals surface area (Å²) in [5.41, 5.74) is 1.13. The van der Waals surface area contributed by atoms with E-state index in [1.807, 2.05) is 4.90 Å². The van der Waals surface area contributed by atoms with Crippen molar-refractivity contribution in [1.29, 1.82) is 0 Å². The molecule has 0 spiro atoms. The summed E-state index contributed by atoms with van der Waals surface area (Å²) in [6.07, 6.45) is 0.413. The largest absolute Gasteiger partial charge is 0.391 e. The second-order valence-electron chi connectivity index (χ2n) is 6.17. The smallest absolute Gasteiger partial charge is 0.129 e. The second kappa shape index (κ2) is 7.26. The number of nitrogens with zero attached hydrogens (tertiary/aromatic N) is 1. The van der Waals surface area contributed by atoms with Gasteiger partial charge in [-0.3, -0.25) is 0 Å². The predicted molar refractivity (Wildman–Crippen MR) is 92.9 cm³/mol. The maximum atomic E-state index is 13.9. The number of aliphatic hydroxyl groups excluding tert-OH is 1. The van der Waals surface area contributed by atoms with Gasteiger partial charge in [0.2, 0.25) is 0 Å². The molecular formula is C18H17Cl2F2NO. The molecule has 0 aromatic heterocycles. The summed E-state index contributed by atoms with van der Waals surface area (Å²) >= 11 is 12.5. The van der Waals surface area contributed by atoms with E-state index < -0.39 is 17.7 Å². The number of hydrogen-bond acceptors (Lipinski definition) is 2. The average molecular weight is 372 g/mol. The number of para-hydroxylation sites is 1. The van der Waals surface area contributed by atoms with Crippen molar-refractivity contribution in [3.05, 3.63) is 63.6 Å². The molecule has 1 heterocycles. The third kappa shape index (κ3) is 3.82. The van der Waals surface area contributed by atoms with Crippen molar-refractivity contribution in [2.75, 3.05) is 18.0 Å². The SMILES string of the molecule is OC1CC(Cc2ccc(F)cc2F)CN(c2c(Cl)cccc2Cl)C1. The molecule has 24 heavy (non-hydrogen) atoms. The molecular weight excluding hydrogens is 355 g/mol. The molecule has 0 saturated carbocycles. The summed E-state index contributed by atoms with van der Waals surface area (Å²) < 4.78 is 26.9. The van der Waals surface area contributed by atoms with Crippen LogP contribution in [0.1, 0.15) is 12.0 Å². The standard InChI is InChI=1S/C18H17Cl2F2NO/c19-15-2-1-3-16(20)18(15)23-9-11(7-14(24)10-23)6-12-4-5-13(21)8-17(12)22/h1-5,8,11,14,24H,6-7,9-10H2. The van der Waals surface area contributed by atoms with Crippen molar-refractivity contribution in [2.24, 2.45) is 5.92 Å². The maximum Gasteiger partial charge on any atom is 0.129 e. The van der Waals surface area contributed by atoms with E-state index >= 15 is 0 Å². The van der Waals surface area contributed by atoms with E-state index in [-0.39, 0.29) is 5.92 Å². The van der Waals surface area contributed by atoms with E-state index in [0.29, 0.717) is 47.2 Å². The number of anilines is 1. The van der Waals surface area contributed by atoms with E-state index in [1.165, 1.54) is 12.1 Å². The quantitative estimate of drug-likeness (QED) is 0.844. The highest BCUT2D eigenvalue weighted by Gasteiger charge is 2.29. The van der Waals surface area contributed by atoms with Crippen LogP contribution in [0.5, 0.6) is 0 Å². The summed E-state index contributed by atoms with van der Waals surface area (Å²) in [6.45, 7) is 1.02. The van der Waals surface area contributed by atoms with Crippen LogP contribution in [0.25, 0.3) is 0 Å². The molecule has 128 valence electrons. The van der Waals surface area contributed by atoms with Gasteiger partial charge in [0.25, 0.3) is 0 Å². The summed E-state index contributed by atoms with van der Waals surface area (Å²) in [5.74, 6) is -1.14. The summed E-state index contributed by atoms with van der Waals surface area (Å²) in [4.78, 5) is 1.94. The zero-order chi connectivity index (χ0) is 17.3. The predicted octanol–water partition coefficient (Wildman–Crippen LogP) is 4.70. The van der Waals surface area contributed by atoms with Gasteiger partial charge in [0, 0.05) is 19.2 Å². The molecule has 1 fully saturated rings. The molecule has 0 amide bonds. The molecule has 1 aliphatic rings. The third-order valence-electron chi connectivity index (χ3n) is 4.29. The van der Waals surface area contributed by atoms with Crippen LogP contribution in [0.3, 0.4) is 0 Å². The van der Waals surface area contributed by atoms with Gasteiger partial charge in [0.05, 0.1) is 21.8 Å². The van der Waals surface area contributed by atoms with Gasteiger partial charge in [0.1, 0.15) is 11.6 Å². The first kappa shape index (κ1) is 17.5. The van der Waals surface area contributed by atoms with Crippen LogP contribution in [0.2, 0.25) is 10.0 Å². The minimum absolute atomic E-state index is 0.0149. The molecule has 2 aromatic carbocycles. The van der Waals surface area contributed by atoms with Crippen LogP contribution in [0.15, 0.2) is 36.4 Å². The Morgan fingerprint density at radius 1 is 1.08 bits per heavy atom. The second-order valence-corrected chi connectivity index (χ2v) is 6.99. The molecule has 6 heteroatoms. The van der Waals surface area contributed by atoms with Gasteiger partial charge in [-0.2, -0.15) is 0 Å². The van der Waals surface area contributed by atoms with Crippen LogP contribution in [-0.2, 0) is 6.42 Å². The fourth-order valence-corrected chi connectivity index (χ4v) is 3.93. The number of aliphatic hydroxyl groups is 1. The Morgan fingerprint density at radius 2 is 1.79 bits per heavy atom. The van der Waals surface area contributed by atoms with E-state index in [0.717, 1.165) is 6.07 Å². The minimum atomic E-state index is -0.593. The van der Waals surface area contributed by atoms with Gasteiger partial charge >= 0.3 is 0 Å². The molecule has 3 rings (SSSR count). The van der Waals surface area contributed by atoms with Crippen molar-refractivity contribution in [1.82, 2.24) is 0 Å². The first-order valence-electron chi connectivity index (χ1n) is 7.75. The Bertz CT molecular complexity index is 721. The molecule has 0 bridgehead atoms. The lowest BCUT2D eigenvalue weighted by Gasteiger charge is -2.38. The van der Waals surface area contributed by atoms with Crippen LogP contribution in [0, 0.1) is 17.6 Å². The van der Waals surface area contributed by atoms with Crippen molar-refractivity contribution in [3.8, 4) is 0 Å². The van der Waals surface area contributed by atoms with Crippen LogP contribution < -0.4 is 4.90 Å². The molecule has 2 atom stereocenters. The van der Waals surface area contributed by atoms with E-state index in [1.54, 1.807) is 18.2 Å². The Labute approximate surface area is 149 Å². The monoisotopic (exact) mass is 371 g/mol. The Morgan fingerprint density at radius 3 is 2.46 bits per heavy atom. The third-order valence-corrected chi connectivity index (χ3v) is 4.90. The number of rotatable bonds is 3. The van der Waals surface area contributed by atoms with Crippen LogP contribution >= 0.6 is 23.2 Å². The first-order chi connectivity index (χ1) is 11.4. The Kier molecular flexibility index (Phi) is 5.28. The minimum Gasteiger partial charge on any atom is -0.391 e. The summed E-state index contributed by atoms with van der Waals surface area (Å²) in [7, 11) is 0. The molecule has 1 N–H and O–H groups in total. The molecule has 1 saturated heterocycles. The van der Waals surface area contributed by atoms with Crippen molar-refractivity contribution in [2.45, 2.75) is 18.9 Å². The summed E-state index contributed by atoms with van der Waals surface area (Å²) in [5, 5.41) is 11.2. The average Bonchev–Trinajstić information content (AvgIpc) is 2.49. The topological polar surface area (TPSA) is 23.5 Å². The van der Waals surface area contributed by atoms with E-state index in [4.69, 9.17) is 23.2 Å². The normalized spacial score (nSPS) is 21.1. The van der Waals surface area contributed by atoms with Gasteiger partial charge in [-0.05, 0) is 42.5 Å². The number of β-amino-alcohol motifs (C(OH)–C–C–N with tert-alkyl or cyclic N) is 1. The molecule has 0 radical (unpaired) electrons. The lowest BCUT2D eigenvalue weighted by atomic mass is 9.89. The van der Waals surface area contributed by atoms with Crippen LogP contribution in [0.4, 0.5) is 14.5 Å². The number of halogens is 4. The molecule has 2 aromatic rings.